The second-order valence-electron chi connectivity index (χ2n) is 11.0. The van der Waals surface area contributed by atoms with Gasteiger partial charge in [0.25, 0.3) is 0 Å². The first-order chi connectivity index (χ1) is 22.3. The van der Waals surface area contributed by atoms with Crippen LogP contribution in [0.4, 0.5) is 0 Å². The van der Waals surface area contributed by atoms with Crippen molar-refractivity contribution in [2.24, 2.45) is 11.8 Å². The van der Waals surface area contributed by atoms with Crippen molar-refractivity contribution in [1.29, 1.82) is 0 Å². The molecule has 16 nitrogen and oxygen atoms in total. The Hall–Kier alpha value is -4.02. The van der Waals surface area contributed by atoms with Gasteiger partial charge < -0.3 is 47.4 Å². The van der Waals surface area contributed by atoms with Crippen LogP contribution in [0.3, 0.4) is 0 Å². The van der Waals surface area contributed by atoms with Gasteiger partial charge in [-0.2, -0.15) is 0 Å². The fraction of sp³-hybridized carbons (Fsp3) is 0.677. The molecule has 16 heteroatoms. The van der Waals surface area contributed by atoms with Crippen LogP contribution in [-0.2, 0) is 76.1 Å². The SMILES string of the molecule is CCCCO[C@@H]1C=C(COC(C)=O)[C@H]2[C@H](OC[C@H]3O[C@@H](OC(C)=O)[C@H](OC(C)=O)[C@@H](OC(C)=O)[C@@H]3OC(C)=O)OC=C(C(=O)OC)[C@H]21. The van der Waals surface area contributed by atoms with Gasteiger partial charge in [0.15, 0.2) is 12.2 Å². The minimum Gasteiger partial charge on any atom is -0.471 e. The van der Waals surface area contributed by atoms with Crippen molar-refractivity contribution < 1.29 is 76.1 Å². The Bertz CT molecular complexity index is 1240. The van der Waals surface area contributed by atoms with Gasteiger partial charge in [-0.3, -0.25) is 24.0 Å². The number of rotatable bonds is 14. The number of methoxy groups -OCH3 is 1. The molecule has 2 aliphatic heterocycles. The Morgan fingerprint density at radius 1 is 0.745 bits per heavy atom. The molecule has 1 saturated heterocycles. The molecule has 1 fully saturated rings. The van der Waals surface area contributed by atoms with E-state index in [0.29, 0.717) is 12.2 Å². The molecule has 9 atom stereocenters. The fourth-order valence-electron chi connectivity index (χ4n) is 5.61. The highest BCUT2D eigenvalue weighted by Crippen LogP contribution is 2.45. The van der Waals surface area contributed by atoms with Gasteiger partial charge in [-0.25, -0.2) is 4.79 Å². The smallest absolute Gasteiger partial charge is 0.337 e. The Balaban J connectivity index is 1.98. The van der Waals surface area contributed by atoms with Gasteiger partial charge in [-0.15, -0.1) is 0 Å². The summed E-state index contributed by atoms with van der Waals surface area (Å²) in [6, 6.07) is 0. The lowest BCUT2D eigenvalue weighted by molar-refractivity contribution is -0.307. The molecule has 0 radical (unpaired) electrons. The van der Waals surface area contributed by atoms with Crippen molar-refractivity contribution in [1.82, 2.24) is 0 Å². The number of unbranched alkanes of at least 4 members (excludes halogenated alkanes) is 1. The van der Waals surface area contributed by atoms with Gasteiger partial charge >= 0.3 is 35.8 Å². The van der Waals surface area contributed by atoms with Crippen LogP contribution in [-0.4, -0.2) is 106 Å². The number of hydrogen-bond acceptors (Lipinski definition) is 16. The maximum absolute atomic E-state index is 12.8. The lowest BCUT2D eigenvalue weighted by Crippen LogP contribution is -2.63. The van der Waals surface area contributed by atoms with E-state index in [1.54, 1.807) is 6.08 Å². The molecule has 0 aromatic carbocycles. The van der Waals surface area contributed by atoms with Gasteiger partial charge in [0.1, 0.15) is 12.7 Å². The second kappa shape index (κ2) is 17.2. The zero-order valence-corrected chi connectivity index (χ0v) is 27.4. The summed E-state index contributed by atoms with van der Waals surface area (Å²) in [6.07, 6.45) is -4.41. The zero-order chi connectivity index (χ0) is 34.8. The van der Waals surface area contributed by atoms with Crippen molar-refractivity contribution >= 4 is 35.8 Å². The molecule has 0 spiro atoms. The molecule has 2 heterocycles. The topological polar surface area (TPSA) is 195 Å². The fourth-order valence-corrected chi connectivity index (χ4v) is 5.61. The Kier molecular flexibility index (Phi) is 13.7. The van der Waals surface area contributed by atoms with E-state index in [-0.39, 0.29) is 12.2 Å². The second-order valence-corrected chi connectivity index (χ2v) is 11.0. The van der Waals surface area contributed by atoms with E-state index in [1.807, 2.05) is 6.92 Å². The van der Waals surface area contributed by atoms with Gasteiger partial charge in [0.2, 0.25) is 18.7 Å². The van der Waals surface area contributed by atoms with Gasteiger partial charge in [-0.1, -0.05) is 19.4 Å². The Morgan fingerprint density at radius 2 is 1.36 bits per heavy atom. The summed E-state index contributed by atoms with van der Waals surface area (Å²) in [7, 11) is 1.23. The van der Waals surface area contributed by atoms with Crippen LogP contribution in [0, 0.1) is 11.8 Å². The quantitative estimate of drug-likeness (QED) is 0.111. The molecule has 0 unspecified atom stereocenters. The number of hydrogen-bond donors (Lipinski definition) is 0. The van der Waals surface area contributed by atoms with Crippen LogP contribution >= 0.6 is 0 Å². The molecule has 3 aliphatic rings. The highest BCUT2D eigenvalue weighted by Gasteiger charge is 2.55. The number of carbonyl (C=O) groups excluding carboxylic acids is 6. The minimum atomic E-state index is -1.59. The molecule has 0 saturated carbocycles. The van der Waals surface area contributed by atoms with Gasteiger partial charge in [0.05, 0.1) is 37.6 Å². The largest absolute Gasteiger partial charge is 0.471 e. The van der Waals surface area contributed by atoms with E-state index in [4.69, 9.17) is 47.4 Å². The van der Waals surface area contributed by atoms with Crippen LogP contribution < -0.4 is 0 Å². The zero-order valence-electron chi connectivity index (χ0n) is 27.4. The molecular formula is C31H42O16. The predicted molar refractivity (Wildman–Crippen MR) is 154 cm³/mol. The molecule has 0 aromatic heterocycles. The van der Waals surface area contributed by atoms with Crippen LogP contribution in [0.2, 0.25) is 0 Å². The first-order valence-corrected chi connectivity index (χ1v) is 15.1. The molecule has 0 N–H and O–H groups in total. The molecule has 0 aromatic rings. The van der Waals surface area contributed by atoms with E-state index in [1.165, 1.54) is 20.3 Å². The monoisotopic (exact) mass is 670 g/mol. The lowest BCUT2D eigenvalue weighted by atomic mass is 9.82. The summed E-state index contributed by atoms with van der Waals surface area (Å²) in [5, 5.41) is 0. The number of ether oxygens (including phenoxy) is 10. The highest BCUT2D eigenvalue weighted by atomic mass is 16.8. The summed E-state index contributed by atoms with van der Waals surface area (Å²) in [5.41, 5.74) is 0.728. The molecule has 0 bridgehead atoms. The predicted octanol–water partition coefficient (Wildman–Crippen LogP) is 1.42. The maximum Gasteiger partial charge on any atom is 0.337 e. The van der Waals surface area contributed by atoms with Crippen molar-refractivity contribution in [2.45, 2.75) is 97.5 Å². The van der Waals surface area contributed by atoms with Crippen molar-refractivity contribution in [2.75, 3.05) is 26.9 Å². The summed E-state index contributed by atoms with van der Waals surface area (Å²) in [5.74, 6) is -5.80. The third-order valence-electron chi connectivity index (χ3n) is 7.40. The molecular weight excluding hydrogens is 628 g/mol. The Labute approximate surface area is 271 Å². The van der Waals surface area contributed by atoms with Gasteiger partial charge in [0, 0.05) is 47.1 Å². The van der Waals surface area contributed by atoms with Gasteiger partial charge in [-0.05, 0) is 12.0 Å². The van der Waals surface area contributed by atoms with E-state index >= 15 is 0 Å². The van der Waals surface area contributed by atoms with Crippen LogP contribution in [0.1, 0.15) is 54.4 Å². The minimum absolute atomic E-state index is 0.148. The van der Waals surface area contributed by atoms with E-state index in [9.17, 15) is 28.8 Å². The third-order valence-corrected chi connectivity index (χ3v) is 7.40. The van der Waals surface area contributed by atoms with Crippen molar-refractivity contribution in [3.05, 3.63) is 23.5 Å². The normalized spacial score (nSPS) is 29.6. The number of esters is 6. The highest BCUT2D eigenvalue weighted by molar-refractivity contribution is 5.89. The van der Waals surface area contributed by atoms with Crippen LogP contribution in [0.25, 0.3) is 0 Å². The molecule has 47 heavy (non-hydrogen) atoms. The molecule has 0 amide bonds. The average Bonchev–Trinajstić information content (AvgIpc) is 3.35. The maximum atomic E-state index is 12.8. The summed E-state index contributed by atoms with van der Waals surface area (Å²) < 4.78 is 55.9. The van der Waals surface area contributed by atoms with E-state index < -0.39 is 97.4 Å². The first-order valence-electron chi connectivity index (χ1n) is 15.1. The molecule has 1 aliphatic carbocycles. The van der Waals surface area contributed by atoms with Crippen LogP contribution in [0.15, 0.2) is 23.5 Å². The summed E-state index contributed by atoms with van der Waals surface area (Å²) >= 11 is 0. The third kappa shape index (κ3) is 9.98. The first kappa shape index (κ1) is 37.4. The van der Waals surface area contributed by atoms with Crippen molar-refractivity contribution in [3.63, 3.8) is 0 Å². The number of carbonyl (C=O) groups is 6. The van der Waals surface area contributed by atoms with E-state index in [2.05, 4.69) is 0 Å². The standard InChI is InChI=1S/C31H42O16/c1-8-9-10-39-22-11-20(12-40-15(2)32)24-25(22)21(29(37)38-7)13-41-30(24)42-14-23-26(43-16(3)33)27(44-17(4)34)28(45-18(5)35)31(47-23)46-19(6)36/h11,13,22-28,30-31H,8-10,12,14H2,1-7H3/t22-,23-,24-,25+,26-,27+,28-,30+,31-/m1/s1. The van der Waals surface area contributed by atoms with Crippen LogP contribution in [0.5, 0.6) is 0 Å². The number of fused-ring (bicyclic) bond motifs is 1. The summed E-state index contributed by atoms with van der Waals surface area (Å²) in [6.45, 7) is 7.46. The molecule has 262 valence electrons. The molecule has 3 rings (SSSR count). The summed E-state index contributed by atoms with van der Waals surface area (Å²) in [4.78, 5) is 72.8. The van der Waals surface area contributed by atoms with Crippen molar-refractivity contribution in [3.8, 4) is 0 Å². The average molecular weight is 671 g/mol. The van der Waals surface area contributed by atoms with E-state index in [0.717, 1.165) is 40.5 Å². The Morgan fingerprint density at radius 3 is 1.94 bits per heavy atom. The lowest BCUT2D eigenvalue weighted by Gasteiger charge is -2.44.